The molecule has 0 aliphatic heterocycles. The predicted molar refractivity (Wildman–Crippen MR) is 78.2 cm³/mol. The maximum atomic E-state index is 13.6. The Hall–Kier alpha value is -2.43. The highest BCUT2D eigenvalue weighted by atomic mass is 32.2. The molecule has 0 spiro atoms. The fourth-order valence-electron chi connectivity index (χ4n) is 1.73. The van der Waals surface area contributed by atoms with Crippen molar-refractivity contribution in [2.24, 2.45) is 0 Å². The highest BCUT2D eigenvalue weighted by Crippen LogP contribution is 2.28. The molecule has 134 valence electrons. The minimum Gasteiger partial charge on any atom is -0.462 e. The van der Waals surface area contributed by atoms with Gasteiger partial charge in [0.1, 0.15) is 11.4 Å². The van der Waals surface area contributed by atoms with Gasteiger partial charge in [-0.25, -0.2) is 36.7 Å². The Morgan fingerprint density at radius 1 is 1.12 bits per heavy atom. The van der Waals surface area contributed by atoms with Gasteiger partial charge in [-0.2, -0.15) is 0 Å². The summed E-state index contributed by atoms with van der Waals surface area (Å²) in [6.07, 6.45) is 1.04. The monoisotopic (exact) mass is 379 g/mol. The van der Waals surface area contributed by atoms with Crippen molar-refractivity contribution in [1.82, 2.24) is 9.97 Å². The number of hydrogen-bond acceptors (Lipinski definition) is 6. The summed E-state index contributed by atoms with van der Waals surface area (Å²) in [6, 6.07) is 0. The number of aromatic nitrogens is 2. The first-order valence-corrected chi connectivity index (χ1v) is 7.69. The lowest BCUT2D eigenvalue weighted by Crippen LogP contribution is -2.11. The first-order chi connectivity index (χ1) is 11.8. The zero-order valence-corrected chi connectivity index (χ0v) is 13.4. The van der Waals surface area contributed by atoms with E-state index in [9.17, 15) is 26.7 Å². The molecule has 0 unspecified atom stereocenters. The van der Waals surface area contributed by atoms with E-state index in [-0.39, 0.29) is 23.1 Å². The van der Waals surface area contributed by atoms with Crippen molar-refractivity contribution in [2.75, 3.05) is 12.3 Å². The van der Waals surface area contributed by atoms with Crippen LogP contribution in [0.15, 0.2) is 11.4 Å². The third kappa shape index (κ3) is 3.81. The Bertz CT molecular complexity index is 806. The minimum absolute atomic E-state index is 0.106. The summed E-state index contributed by atoms with van der Waals surface area (Å²) in [5.74, 6) is -11.8. The van der Waals surface area contributed by atoms with Gasteiger partial charge in [-0.3, -0.25) is 0 Å². The second-order valence-electron chi connectivity index (χ2n) is 4.51. The number of hydrogen-bond donors (Lipinski definition) is 1. The fourth-order valence-corrected chi connectivity index (χ4v) is 2.54. The smallest absolute Gasteiger partial charge is 0.343 e. The first kappa shape index (κ1) is 18.9. The number of ether oxygens (including phenoxy) is 1. The molecule has 0 amide bonds. The highest BCUT2D eigenvalue weighted by molar-refractivity contribution is 7.98. The van der Waals surface area contributed by atoms with E-state index in [4.69, 9.17) is 10.5 Å². The molecule has 25 heavy (non-hydrogen) atoms. The Balaban J connectivity index is 2.23. The van der Waals surface area contributed by atoms with Gasteiger partial charge in [-0.1, -0.05) is 11.8 Å². The van der Waals surface area contributed by atoms with Crippen LogP contribution in [0.3, 0.4) is 0 Å². The molecule has 0 bridgehead atoms. The summed E-state index contributed by atoms with van der Waals surface area (Å²) in [5.41, 5.74) is 4.44. The third-order valence-electron chi connectivity index (χ3n) is 2.94. The predicted octanol–water partition coefficient (Wildman–Crippen LogP) is 3.22. The number of anilines is 1. The second kappa shape index (κ2) is 7.64. The third-order valence-corrected chi connectivity index (χ3v) is 3.83. The molecule has 1 heterocycles. The van der Waals surface area contributed by atoms with Crippen molar-refractivity contribution >= 4 is 23.5 Å². The van der Waals surface area contributed by atoms with E-state index in [1.165, 1.54) is 0 Å². The fraction of sp³-hybridized carbons (Fsp3) is 0.214. The van der Waals surface area contributed by atoms with Crippen LogP contribution in [0.25, 0.3) is 0 Å². The van der Waals surface area contributed by atoms with E-state index in [0.29, 0.717) is 11.8 Å². The van der Waals surface area contributed by atoms with Crippen LogP contribution in [0.5, 0.6) is 0 Å². The standard InChI is InChI=1S/C14H10F5N3O2S/c1-2-24-13(23)5-3-21-14(22-12(5)20)25-4-6-7(15)9(17)11(19)10(18)8(6)16/h3H,2,4H2,1H3,(H2,20,21,22). The minimum atomic E-state index is -2.23. The molecule has 0 aliphatic carbocycles. The molecule has 0 aliphatic rings. The zero-order chi connectivity index (χ0) is 18.7. The summed E-state index contributed by atoms with van der Waals surface area (Å²) in [7, 11) is 0. The lowest BCUT2D eigenvalue weighted by Gasteiger charge is -2.08. The number of rotatable bonds is 5. The molecule has 1 aromatic carbocycles. The summed E-state index contributed by atoms with van der Waals surface area (Å²) in [5, 5.41) is -0.116. The average molecular weight is 379 g/mol. The van der Waals surface area contributed by atoms with Crippen LogP contribution in [0.4, 0.5) is 27.8 Å². The summed E-state index contributed by atoms with van der Waals surface area (Å²) < 4.78 is 71.1. The van der Waals surface area contributed by atoms with E-state index >= 15 is 0 Å². The number of esters is 1. The van der Waals surface area contributed by atoms with Crippen molar-refractivity contribution < 1.29 is 31.5 Å². The molecule has 0 saturated carbocycles. The topological polar surface area (TPSA) is 78.1 Å². The van der Waals surface area contributed by atoms with Gasteiger partial charge in [0.25, 0.3) is 0 Å². The van der Waals surface area contributed by atoms with Crippen LogP contribution in [0, 0.1) is 29.1 Å². The van der Waals surface area contributed by atoms with E-state index in [1.54, 1.807) is 6.92 Å². The largest absolute Gasteiger partial charge is 0.462 e. The molecule has 0 saturated heterocycles. The van der Waals surface area contributed by atoms with E-state index in [2.05, 4.69) is 9.97 Å². The molecule has 2 rings (SSSR count). The van der Waals surface area contributed by atoms with Gasteiger partial charge in [0.15, 0.2) is 28.4 Å². The molecule has 0 fully saturated rings. The van der Waals surface area contributed by atoms with Gasteiger partial charge in [-0.15, -0.1) is 0 Å². The number of thioether (sulfide) groups is 1. The number of carbonyl (C=O) groups excluding carboxylic acids is 1. The lowest BCUT2D eigenvalue weighted by molar-refractivity contribution is 0.0526. The SMILES string of the molecule is CCOC(=O)c1cnc(SCc2c(F)c(F)c(F)c(F)c2F)nc1N. The molecule has 1 aromatic heterocycles. The molecule has 5 nitrogen and oxygen atoms in total. The lowest BCUT2D eigenvalue weighted by atomic mass is 10.2. The Morgan fingerprint density at radius 2 is 1.68 bits per heavy atom. The maximum absolute atomic E-state index is 13.6. The van der Waals surface area contributed by atoms with Crippen molar-refractivity contribution in [3.63, 3.8) is 0 Å². The van der Waals surface area contributed by atoms with Crippen LogP contribution in [0.2, 0.25) is 0 Å². The number of nitrogen functional groups attached to an aromatic ring is 1. The van der Waals surface area contributed by atoms with Crippen LogP contribution >= 0.6 is 11.8 Å². The number of nitrogens with zero attached hydrogens (tertiary/aromatic N) is 2. The van der Waals surface area contributed by atoms with Gasteiger partial charge in [-0.05, 0) is 6.92 Å². The van der Waals surface area contributed by atoms with E-state index < -0.39 is 46.4 Å². The van der Waals surface area contributed by atoms with Crippen LogP contribution < -0.4 is 5.73 Å². The molecule has 2 N–H and O–H groups in total. The number of carbonyl (C=O) groups is 1. The highest BCUT2D eigenvalue weighted by Gasteiger charge is 2.26. The second-order valence-corrected chi connectivity index (χ2v) is 5.45. The Morgan fingerprint density at radius 3 is 2.20 bits per heavy atom. The summed E-state index contributed by atoms with van der Waals surface area (Å²) in [6.45, 7) is 1.69. The van der Waals surface area contributed by atoms with Gasteiger partial charge in [0.05, 0.1) is 6.61 Å². The van der Waals surface area contributed by atoms with Crippen molar-refractivity contribution in [1.29, 1.82) is 0 Å². The molecule has 2 aromatic rings. The molecule has 11 heteroatoms. The van der Waals surface area contributed by atoms with Gasteiger partial charge in [0, 0.05) is 17.5 Å². The zero-order valence-electron chi connectivity index (χ0n) is 12.6. The molecular formula is C14H10F5N3O2S. The molecule has 0 radical (unpaired) electrons. The van der Waals surface area contributed by atoms with Crippen LogP contribution in [-0.4, -0.2) is 22.5 Å². The average Bonchev–Trinajstić information content (AvgIpc) is 2.58. The van der Waals surface area contributed by atoms with Gasteiger partial charge >= 0.3 is 5.97 Å². The van der Waals surface area contributed by atoms with E-state index in [0.717, 1.165) is 6.20 Å². The molecule has 0 atom stereocenters. The van der Waals surface area contributed by atoms with Gasteiger partial charge in [0.2, 0.25) is 5.82 Å². The Kier molecular flexibility index (Phi) is 5.77. The van der Waals surface area contributed by atoms with Gasteiger partial charge < -0.3 is 10.5 Å². The number of nitrogens with two attached hydrogens (primary N) is 1. The van der Waals surface area contributed by atoms with Crippen molar-refractivity contribution in [3.8, 4) is 0 Å². The Labute approximate surface area is 142 Å². The quantitative estimate of drug-likeness (QED) is 0.215. The first-order valence-electron chi connectivity index (χ1n) is 6.70. The normalized spacial score (nSPS) is 10.8. The number of benzene rings is 1. The summed E-state index contributed by atoms with van der Waals surface area (Å²) in [4.78, 5) is 19.0. The summed E-state index contributed by atoms with van der Waals surface area (Å²) >= 11 is 0.583. The number of halogens is 5. The van der Waals surface area contributed by atoms with Crippen LogP contribution in [0.1, 0.15) is 22.8 Å². The molecular weight excluding hydrogens is 369 g/mol. The van der Waals surface area contributed by atoms with Crippen molar-refractivity contribution in [2.45, 2.75) is 17.8 Å². The van der Waals surface area contributed by atoms with Crippen LogP contribution in [-0.2, 0) is 10.5 Å². The van der Waals surface area contributed by atoms with Crippen molar-refractivity contribution in [3.05, 3.63) is 46.4 Å². The van der Waals surface area contributed by atoms with E-state index in [1.807, 2.05) is 0 Å². The maximum Gasteiger partial charge on any atom is 0.343 e.